The molecule has 0 spiro atoms. The van der Waals surface area contributed by atoms with Crippen LogP contribution in [-0.2, 0) is 4.79 Å². The summed E-state index contributed by atoms with van der Waals surface area (Å²) in [7, 11) is 3.07. The summed E-state index contributed by atoms with van der Waals surface area (Å²) in [5.41, 5.74) is 0.407. The number of hydrogen-bond donors (Lipinski definition) is 1. The minimum absolute atomic E-state index is 0.00777. The van der Waals surface area contributed by atoms with Crippen molar-refractivity contribution >= 4 is 11.8 Å². The molecule has 1 saturated heterocycles. The molecule has 1 N–H and O–H groups in total. The van der Waals surface area contributed by atoms with E-state index in [0.717, 1.165) is 19.5 Å². The van der Waals surface area contributed by atoms with E-state index in [1.54, 1.807) is 18.2 Å². The van der Waals surface area contributed by atoms with Crippen molar-refractivity contribution in [3.05, 3.63) is 23.8 Å². The maximum absolute atomic E-state index is 13.1. The number of methoxy groups -OCH3 is 2. The van der Waals surface area contributed by atoms with Crippen molar-refractivity contribution in [1.29, 1.82) is 0 Å². The average molecular weight is 376 g/mol. The lowest BCUT2D eigenvalue weighted by atomic mass is 9.90. The van der Waals surface area contributed by atoms with Gasteiger partial charge in [0.05, 0.1) is 14.2 Å². The highest BCUT2D eigenvalue weighted by atomic mass is 16.5. The highest BCUT2D eigenvalue weighted by Crippen LogP contribution is 2.24. The van der Waals surface area contributed by atoms with E-state index in [1.807, 2.05) is 18.7 Å². The predicted molar refractivity (Wildman–Crippen MR) is 105 cm³/mol. The smallest absolute Gasteiger partial charge is 0.252 e. The van der Waals surface area contributed by atoms with Crippen molar-refractivity contribution in [1.82, 2.24) is 10.2 Å². The van der Waals surface area contributed by atoms with E-state index < -0.39 is 6.04 Å². The van der Waals surface area contributed by atoms with Crippen LogP contribution < -0.4 is 14.8 Å². The summed E-state index contributed by atoms with van der Waals surface area (Å²) in [4.78, 5) is 27.8. The summed E-state index contributed by atoms with van der Waals surface area (Å²) in [6, 6.07) is 4.43. The third kappa shape index (κ3) is 5.37. The van der Waals surface area contributed by atoms with Crippen LogP contribution in [0.1, 0.15) is 44.5 Å². The van der Waals surface area contributed by atoms with E-state index in [4.69, 9.17) is 9.47 Å². The molecule has 0 aliphatic carbocycles. The second-order valence-corrected chi connectivity index (χ2v) is 7.99. The molecule has 2 rings (SSSR count). The van der Waals surface area contributed by atoms with Crippen LogP contribution >= 0.6 is 0 Å². The van der Waals surface area contributed by atoms with Crippen LogP contribution in [0, 0.1) is 17.8 Å². The molecule has 0 radical (unpaired) electrons. The molecule has 0 aromatic heterocycles. The topological polar surface area (TPSA) is 67.9 Å². The number of hydrogen-bond acceptors (Lipinski definition) is 4. The lowest BCUT2D eigenvalue weighted by molar-refractivity contribution is -0.137. The fourth-order valence-electron chi connectivity index (χ4n) is 3.72. The minimum Gasteiger partial charge on any atom is -0.497 e. The number of nitrogens with one attached hydrogen (secondary N) is 1. The van der Waals surface area contributed by atoms with E-state index in [1.165, 1.54) is 14.2 Å². The van der Waals surface area contributed by atoms with Gasteiger partial charge in [-0.25, -0.2) is 0 Å². The van der Waals surface area contributed by atoms with E-state index in [0.29, 0.717) is 28.9 Å². The predicted octanol–water partition coefficient (Wildman–Crippen LogP) is 2.96. The Hall–Kier alpha value is -2.24. The number of amides is 2. The summed E-state index contributed by atoms with van der Waals surface area (Å²) in [5.74, 6) is 1.69. The molecule has 1 aliphatic heterocycles. The van der Waals surface area contributed by atoms with Crippen molar-refractivity contribution in [2.45, 2.75) is 40.2 Å². The summed E-state index contributed by atoms with van der Waals surface area (Å²) in [6.07, 6.45) is 1.13. The standard InChI is InChI=1S/C21H32N2O4/c1-13(2)19(21(25)23-11-14(3)7-15(4)12-23)22-20(24)16-8-17(26-5)10-18(9-16)27-6/h8-10,13-15,19H,7,11-12H2,1-6H3,(H,22,24)/t14-,15+,19-/m0/s1. The molecule has 1 fully saturated rings. The molecule has 2 amide bonds. The normalized spacial score (nSPS) is 20.9. The zero-order valence-corrected chi connectivity index (χ0v) is 17.2. The van der Waals surface area contributed by atoms with E-state index in [2.05, 4.69) is 19.2 Å². The molecular weight excluding hydrogens is 344 g/mol. The van der Waals surface area contributed by atoms with Crippen molar-refractivity contribution < 1.29 is 19.1 Å². The average Bonchev–Trinajstić information content (AvgIpc) is 2.63. The van der Waals surface area contributed by atoms with Gasteiger partial charge in [-0.05, 0) is 36.3 Å². The van der Waals surface area contributed by atoms with Gasteiger partial charge in [-0.2, -0.15) is 0 Å². The maximum atomic E-state index is 13.1. The lowest BCUT2D eigenvalue weighted by Crippen LogP contribution is -2.54. The van der Waals surface area contributed by atoms with Gasteiger partial charge in [0.25, 0.3) is 5.91 Å². The van der Waals surface area contributed by atoms with Crippen LogP contribution in [0.3, 0.4) is 0 Å². The molecule has 1 aliphatic rings. The summed E-state index contributed by atoms with van der Waals surface area (Å²) in [6.45, 7) is 9.73. The number of nitrogens with zero attached hydrogens (tertiary/aromatic N) is 1. The fourth-order valence-corrected chi connectivity index (χ4v) is 3.72. The van der Waals surface area contributed by atoms with Crippen LogP contribution in [0.5, 0.6) is 11.5 Å². The zero-order chi connectivity index (χ0) is 20.1. The Morgan fingerprint density at radius 2 is 1.56 bits per heavy atom. The largest absolute Gasteiger partial charge is 0.497 e. The number of benzene rings is 1. The Morgan fingerprint density at radius 3 is 2.00 bits per heavy atom. The van der Waals surface area contributed by atoms with Gasteiger partial charge < -0.3 is 19.7 Å². The highest BCUT2D eigenvalue weighted by Gasteiger charge is 2.33. The molecule has 6 heteroatoms. The molecular formula is C21H32N2O4. The molecule has 0 saturated carbocycles. The van der Waals surface area contributed by atoms with E-state index in [-0.39, 0.29) is 17.7 Å². The fraction of sp³-hybridized carbons (Fsp3) is 0.619. The molecule has 1 aromatic rings. The highest BCUT2D eigenvalue weighted by molar-refractivity contribution is 5.98. The number of carbonyl (C=O) groups is 2. The zero-order valence-electron chi connectivity index (χ0n) is 17.2. The number of likely N-dealkylation sites (tertiary alicyclic amines) is 1. The van der Waals surface area contributed by atoms with Crippen molar-refractivity contribution in [3.63, 3.8) is 0 Å². The Morgan fingerprint density at radius 1 is 1.04 bits per heavy atom. The van der Waals surface area contributed by atoms with Crippen LogP contribution in [0.15, 0.2) is 18.2 Å². The summed E-state index contributed by atoms with van der Waals surface area (Å²) >= 11 is 0. The summed E-state index contributed by atoms with van der Waals surface area (Å²) < 4.78 is 10.5. The molecule has 27 heavy (non-hydrogen) atoms. The van der Waals surface area contributed by atoms with Gasteiger partial charge in [0.15, 0.2) is 0 Å². The molecule has 3 atom stereocenters. The molecule has 0 unspecified atom stereocenters. The summed E-state index contributed by atoms with van der Waals surface area (Å²) in [5, 5.41) is 2.92. The van der Waals surface area contributed by atoms with Crippen molar-refractivity contribution in [3.8, 4) is 11.5 Å². The van der Waals surface area contributed by atoms with Gasteiger partial charge in [-0.1, -0.05) is 27.7 Å². The van der Waals surface area contributed by atoms with Gasteiger partial charge in [-0.15, -0.1) is 0 Å². The lowest BCUT2D eigenvalue weighted by Gasteiger charge is -2.37. The second-order valence-electron chi connectivity index (χ2n) is 7.99. The minimum atomic E-state index is -0.563. The van der Waals surface area contributed by atoms with Crippen molar-refractivity contribution in [2.75, 3.05) is 27.3 Å². The molecule has 0 bridgehead atoms. The SMILES string of the molecule is COc1cc(OC)cc(C(=O)N[C@H](C(=O)N2C[C@H](C)C[C@H](C)C2)C(C)C)c1. The number of carbonyl (C=O) groups excluding carboxylic acids is 2. The monoisotopic (exact) mass is 376 g/mol. The number of piperidine rings is 1. The Balaban J connectivity index is 2.18. The second kappa shape index (κ2) is 9.11. The first-order valence-electron chi connectivity index (χ1n) is 9.57. The first-order valence-corrected chi connectivity index (χ1v) is 9.57. The van der Waals surface area contributed by atoms with E-state index >= 15 is 0 Å². The molecule has 1 aromatic carbocycles. The Kier molecular flexibility index (Phi) is 7.11. The van der Waals surface area contributed by atoms with Crippen LogP contribution in [0.25, 0.3) is 0 Å². The molecule has 6 nitrogen and oxygen atoms in total. The van der Waals surface area contributed by atoms with Gasteiger partial charge in [0.2, 0.25) is 5.91 Å². The van der Waals surface area contributed by atoms with E-state index in [9.17, 15) is 9.59 Å². The van der Waals surface area contributed by atoms with Gasteiger partial charge in [0.1, 0.15) is 17.5 Å². The van der Waals surface area contributed by atoms with Crippen LogP contribution in [0.2, 0.25) is 0 Å². The Labute approximate surface area is 162 Å². The molecule has 150 valence electrons. The third-order valence-electron chi connectivity index (χ3n) is 5.01. The van der Waals surface area contributed by atoms with Gasteiger partial charge in [-0.3, -0.25) is 9.59 Å². The first-order chi connectivity index (χ1) is 12.7. The number of ether oxygens (including phenoxy) is 2. The number of rotatable bonds is 6. The quantitative estimate of drug-likeness (QED) is 0.829. The third-order valence-corrected chi connectivity index (χ3v) is 5.01. The van der Waals surface area contributed by atoms with Gasteiger partial charge >= 0.3 is 0 Å². The Bertz CT molecular complexity index is 642. The van der Waals surface area contributed by atoms with Crippen LogP contribution in [-0.4, -0.2) is 50.1 Å². The van der Waals surface area contributed by atoms with Gasteiger partial charge in [0, 0.05) is 24.7 Å². The maximum Gasteiger partial charge on any atom is 0.252 e. The van der Waals surface area contributed by atoms with Crippen LogP contribution in [0.4, 0.5) is 0 Å². The van der Waals surface area contributed by atoms with Crippen molar-refractivity contribution in [2.24, 2.45) is 17.8 Å². The molecule has 1 heterocycles. The first kappa shape index (κ1) is 21.1.